The number of nitrogens with one attached hydrogen (secondary N) is 1. The van der Waals surface area contributed by atoms with E-state index in [0.717, 1.165) is 69.7 Å². The van der Waals surface area contributed by atoms with E-state index in [1.54, 1.807) is 6.33 Å². The fourth-order valence-electron chi connectivity index (χ4n) is 3.50. The molecule has 27 heavy (non-hydrogen) atoms. The molecule has 4 heterocycles. The molecule has 2 saturated heterocycles. The first-order valence-electron chi connectivity index (χ1n) is 9.27. The van der Waals surface area contributed by atoms with Crippen molar-refractivity contribution in [2.45, 2.75) is 18.9 Å². The first-order valence-corrected chi connectivity index (χ1v) is 9.27. The summed E-state index contributed by atoms with van der Waals surface area (Å²) >= 11 is 0. The lowest BCUT2D eigenvalue weighted by atomic mass is 10.1. The van der Waals surface area contributed by atoms with Crippen LogP contribution in [-0.2, 0) is 4.74 Å². The zero-order valence-corrected chi connectivity index (χ0v) is 15.2. The van der Waals surface area contributed by atoms with E-state index < -0.39 is 0 Å². The maximum atomic E-state index is 5.46. The van der Waals surface area contributed by atoms with E-state index in [9.17, 15) is 0 Å². The van der Waals surface area contributed by atoms with Crippen molar-refractivity contribution in [3.05, 3.63) is 30.5 Å². The lowest BCUT2D eigenvalue weighted by Gasteiger charge is -2.34. The summed E-state index contributed by atoms with van der Waals surface area (Å²) in [6.07, 6.45) is 10.8. The third-order valence-corrected chi connectivity index (χ3v) is 4.89. The summed E-state index contributed by atoms with van der Waals surface area (Å²) < 4.78 is 5.41. The standard InChI is InChI=1S/C19H23N7O/c1-2-15-10-18(22-13-20-15)26-5-3-4-16(12-26)24-17-11-19(23-14-21-17)25-6-8-27-9-7-25/h1,10-11,13-14,16H,3-9,12H2,(H,21,23,24)/t16-/m1/s1. The molecule has 0 radical (unpaired) electrons. The van der Waals surface area contributed by atoms with Crippen LogP contribution >= 0.6 is 0 Å². The Morgan fingerprint density at radius 3 is 2.59 bits per heavy atom. The summed E-state index contributed by atoms with van der Waals surface area (Å²) in [7, 11) is 0. The molecule has 140 valence electrons. The van der Waals surface area contributed by atoms with Gasteiger partial charge in [0.1, 0.15) is 35.8 Å². The highest BCUT2D eigenvalue weighted by molar-refractivity contribution is 5.50. The second-order valence-electron chi connectivity index (χ2n) is 6.70. The molecule has 0 saturated carbocycles. The Balaban J connectivity index is 1.42. The van der Waals surface area contributed by atoms with Gasteiger partial charge < -0.3 is 19.9 Å². The van der Waals surface area contributed by atoms with E-state index in [-0.39, 0.29) is 6.04 Å². The molecule has 0 unspecified atom stereocenters. The molecule has 2 aromatic rings. The second-order valence-corrected chi connectivity index (χ2v) is 6.70. The molecule has 4 rings (SSSR count). The lowest BCUT2D eigenvalue weighted by molar-refractivity contribution is 0.122. The number of nitrogens with zero attached hydrogens (tertiary/aromatic N) is 6. The van der Waals surface area contributed by atoms with E-state index in [4.69, 9.17) is 11.2 Å². The predicted molar refractivity (Wildman–Crippen MR) is 104 cm³/mol. The van der Waals surface area contributed by atoms with E-state index >= 15 is 0 Å². The molecule has 0 spiro atoms. The molecule has 0 aliphatic carbocycles. The van der Waals surface area contributed by atoms with E-state index in [1.165, 1.54) is 6.33 Å². The molecule has 2 fully saturated rings. The van der Waals surface area contributed by atoms with Crippen LogP contribution in [-0.4, -0.2) is 65.4 Å². The van der Waals surface area contributed by atoms with Gasteiger partial charge in [-0.3, -0.25) is 0 Å². The number of hydrogen-bond acceptors (Lipinski definition) is 8. The minimum atomic E-state index is 0.287. The van der Waals surface area contributed by atoms with Crippen molar-refractivity contribution in [2.24, 2.45) is 0 Å². The average Bonchev–Trinajstić information content (AvgIpc) is 2.75. The molecule has 8 heteroatoms. The van der Waals surface area contributed by atoms with E-state index in [0.29, 0.717) is 5.69 Å². The van der Waals surface area contributed by atoms with Crippen LogP contribution in [0.3, 0.4) is 0 Å². The molecule has 1 N–H and O–H groups in total. The van der Waals surface area contributed by atoms with Crippen LogP contribution in [0.2, 0.25) is 0 Å². The Hall–Kier alpha value is -2.92. The molecule has 2 aliphatic heterocycles. The van der Waals surface area contributed by atoms with Crippen molar-refractivity contribution >= 4 is 17.5 Å². The molecule has 2 aromatic heterocycles. The molecule has 1 atom stereocenters. The van der Waals surface area contributed by atoms with Gasteiger partial charge in [0.2, 0.25) is 0 Å². The fourth-order valence-corrected chi connectivity index (χ4v) is 3.50. The van der Waals surface area contributed by atoms with Crippen LogP contribution in [0, 0.1) is 12.3 Å². The average molecular weight is 365 g/mol. The zero-order valence-electron chi connectivity index (χ0n) is 15.2. The number of piperidine rings is 1. The summed E-state index contributed by atoms with van der Waals surface area (Å²) in [5.41, 5.74) is 0.612. The molecular formula is C19H23N7O. The third-order valence-electron chi connectivity index (χ3n) is 4.89. The van der Waals surface area contributed by atoms with Crippen LogP contribution in [0.4, 0.5) is 17.5 Å². The maximum Gasteiger partial charge on any atom is 0.134 e. The Bertz CT molecular complexity index is 816. The Kier molecular flexibility index (Phi) is 5.30. The highest BCUT2D eigenvalue weighted by atomic mass is 16.5. The summed E-state index contributed by atoms with van der Waals surface area (Å²) in [6.45, 7) is 5.00. The number of hydrogen-bond donors (Lipinski definition) is 1. The minimum absolute atomic E-state index is 0.287. The number of anilines is 3. The number of rotatable bonds is 4. The molecule has 0 bridgehead atoms. The van der Waals surface area contributed by atoms with Crippen LogP contribution < -0.4 is 15.1 Å². The number of ether oxygens (including phenoxy) is 1. The number of aromatic nitrogens is 4. The fraction of sp³-hybridized carbons (Fsp3) is 0.474. The smallest absolute Gasteiger partial charge is 0.134 e. The van der Waals surface area contributed by atoms with E-state index in [2.05, 4.69) is 41.0 Å². The van der Waals surface area contributed by atoms with Gasteiger partial charge in [-0.15, -0.1) is 6.42 Å². The molecule has 0 aromatic carbocycles. The van der Waals surface area contributed by atoms with Gasteiger partial charge >= 0.3 is 0 Å². The van der Waals surface area contributed by atoms with Gasteiger partial charge in [0.15, 0.2) is 0 Å². The van der Waals surface area contributed by atoms with Gasteiger partial charge in [-0.1, -0.05) is 5.92 Å². The number of terminal acetylenes is 1. The van der Waals surface area contributed by atoms with Crippen LogP contribution in [0.1, 0.15) is 18.5 Å². The van der Waals surface area contributed by atoms with Gasteiger partial charge in [-0.2, -0.15) is 0 Å². The number of morpholine rings is 1. The second kappa shape index (κ2) is 8.18. The SMILES string of the molecule is C#Cc1cc(N2CCC[C@@H](Nc3cc(N4CCOCC4)ncn3)C2)ncn1. The summed E-state index contributed by atoms with van der Waals surface area (Å²) in [5, 5.41) is 3.55. The molecule has 8 nitrogen and oxygen atoms in total. The van der Waals surface area contributed by atoms with Gasteiger partial charge in [0.25, 0.3) is 0 Å². The van der Waals surface area contributed by atoms with Crippen LogP contribution in [0.25, 0.3) is 0 Å². The van der Waals surface area contributed by atoms with Crippen molar-refractivity contribution in [3.8, 4) is 12.3 Å². The monoisotopic (exact) mass is 365 g/mol. The quantitative estimate of drug-likeness (QED) is 0.809. The van der Waals surface area contributed by atoms with Crippen LogP contribution in [0.15, 0.2) is 24.8 Å². The van der Waals surface area contributed by atoms with Crippen molar-refractivity contribution in [1.29, 1.82) is 0 Å². The Morgan fingerprint density at radius 1 is 1.00 bits per heavy atom. The van der Waals surface area contributed by atoms with Gasteiger partial charge in [0, 0.05) is 44.4 Å². The minimum Gasteiger partial charge on any atom is -0.378 e. The Labute approximate surface area is 159 Å². The summed E-state index contributed by atoms with van der Waals surface area (Å²) in [4.78, 5) is 21.7. The van der Waals surface area contributed by atoms with Gasteiger partial charge in [-0.05, 0) is 12.8 Å². The molecule has 0 amide bonds. The highest BCUT2D eigenvalue weighted by Crippen LogP contribution is 2.21. The van der Waals surface area contributed by atoms with Crippen molar-refractivity contribution in [2.75, 3.05) is 54.5 Å². The lowest BCUT2D eigenvalue weighted by Crippen LogP contribution is -2.42. The first-order chi connectivity index (χ1) is 13.3. The van der Waals surface area contributed by atoms with Crippen molar-refractivity contribution < 1.29 is 4.74 Å². The molecule has 2 aliphatic rings. The highest BCUT2D eigenvalue weighted by Gasteiger charge is 2.22. The Morgan fingerprint density at radius 2 is 1.78 bits per heavy atom. The largest absolute Gasteiger partial charge is 0.378 e. The van der Waals surface area contributed by atoms with E-state index in [1.807, 2.05) is 12.1 Å². The van der Waals surface area contributed by atoms with Crippen molar-refractivity contribution in [1.82, 2.24) is 19.9 Å². The summed E-state index contributed by atoms with van der Waals surface area (Å²) in [6, 6.07) is 4.17. The van der Waals surface area contributed by atoms with Gasteiger partial charge in [0.05, 0.1) is 13.2 Å². The normalized spacial score (nSPS) is 20.2. The third kappa shape index (κ3) is 4.26. The van der Waals surface area contributed by atoms with Crippen molar-refractivity contribution in [3.63, 3.8) is 0 Å². The maximum absolute atomic E-state index is 5.46. The van der Waals surface area contributed by atoms with Gasteiger partial charge in [-0.25, -0.2) is 19.9 Å². The first kappa shape index (κ1) is 17.5. The topological polar surface area (TPSA) is 79.3 Å². The van der Waals surface area contributed by atoms with Crippen LogP contribution in [0.5, 0.6) is 0 Å². The molecular weight excluding hydrogens is 342 g/mol. The predicted octanol–water partition coefficient (Wildman–Crippen LogP) is 1.17. The zero-order chi connectivity index (χ0) is 18.5. The summed E-state index contributed by atoms with van der Waals surface area (Å²) in [5.74, 6) is 5.24.